The summed E-state index contributed by atoms with van der Waals surface area (Å²) in [6.45, 7) is 3.99. The van der Waals surface area contributed by atoms with Crippen molar-refractivity contribution in [3.63, 3.8) is 0 Å². The Morgan fingerprint density at radius 2 is 2.14 bits per heavy atom. The van der Waals surface area contributed by atoms with Crippen molar-refractivity contribution >= 4 is 0 Å². The maximum atomic E-state index is 5.43. The van der Waals surface area contributed by atoms with Crippen LogP contribution in [0, 0.1) is 0 Å². The summed E-state index contributed by atoms with van der Waals surface area (Å²) in [5.74, 6) is 0. The lowest BCUT2D eigenvalue weighted by Crippen LogP contribution is -2.11. The Morgan fingerprint density at radius 3 is 2.71 bits per heavy atom. The summed E-state index contributed by atoms with van der Waals surface area (Å²) in [6.07, 6.45) is 0. The Bertz CT molecular complexity index is 329. The monoisotopic (exact) mass is 191 g/mol. The Hall–Kier alpha value is -0.860. The molecule has 1 unspecified atom stereocenters. The molecule has 0 saturated carbocycles. The van der Waals surface area contributed by atoms with E-state index in [4.69, 9.17) is 4.74 Å². The Kier molecular flexibility index (Phi) is 2.33. The van der Waals surface area contributed by atoms with Crippen molar-refractivity contribution in [3.05, 3.63) is 35.4 Å². The number of ether oxygens (including phenoxy) is 1. The fraction of sp³-hybridized carbons (Fsp3) is 0.500. The average molecular weight is 191 g/mol. The molecule has 0 amide bonds. The highest BCUT2D eigenvalue weighted by molar-refractivity contribution is 5.30. The van der Waals surface area contributed by atoms with E-state index in [1.165, 1.54) is 11.1 Å². The summed E-state index contributed by atoms with van der Waals surface area (Å²) in [5.41, 5.74) is 2.66. The summed E-state index contributed by atoms with van der Waals surface area (Å²) in [6, 6.07) is 8.66. The maximum absolute atomic E-state index is 5.43. The molecule has 2 nitrogen and oxygen atoms in total. The predicted octanol–water partition coefficient (Wildman–Crippen LogP) is 1.99. The predicted molar refractivity (Wildman–Crippen MR) is 57.1 cm³/mol. The van der Waals surface area contributed by atoms with Crippen molar-refractivity contribution in [3.8, 4) is 0 Å². The second kappa shape index (κ2) is 3.37. The molecule has 0 bridgehead atoms. The van der Waals surface area contributed by atoms with E-state index in [1.54, 1.807) is 0 Å². The molecular weight excluding hydrogens is 174 g/mol. The smallest absolute Gasteiger partial charge is 0.114 e. The van der Waals surface area contributed by atoms with E-state index >= 15 is 0 Å². The number of hydrogen-bond donors (Lipinski definition) is 0. The zero-order valence-corrected chi connectivity index (χ0v) is 9.08. The van der Waals surface area contributed by atoms with Crippen LogP contribution in [0.2, 0.25) is 0 Å². The van der Waals surface area contributed by atoms with Crippen molar-refractivity contribution in [1.82, 2.24) is 4.90 Å². The van der Waals surface area contributed by atoms with Crippen LogP contribution in [0.3, 0.4) is 0 Å². The van der Waals surface area contributed by atoms with E-state index in [0.29, 0.717) is 0 Å². The Labute approximate surface area is 85.5 Å². The molecule has 1 aliphatic rings. The van der Waals surface area contributed by atoms with Gasteiger partial charge in [-0.3, -0.25) is 0 Å². The molecule has 1 aromatic carbocycles. The molecule has 1 fully saturated rings. The highest BCUT2D eigenvalue weighted by Gasteiger charge is 2.40. The van der Waals surface area contributed by atoms with Gasteiger partial charge in [-0.15, -0.1) is 0 Å². The molecule has 0 radical (unpaired) electrons. The molecule has 1 saturated heterocycles. The fourth-order valence-electron chi connectivity index (χ4n) is 1.64. The van der Waals surface area contributed by atoms with E-state index in [2.05, 4.69) is 50.2 Å². The number of nitrogens with zero attached hydrogens (tertiary/aromatic N) is 1. The summed E-state index contributed by atoms with van der Waals surface area (Å²) in [5, 5.41) is 0. The summed E-state index contributed by atoms with van der Waals surface area (Å²) < 4.78 is 5.43. The lowest BCUT2D eigenvalue weighted by molar-refractivity contribution is 0.329. The largest absolute Gasteiger partial charge is 0.365 e. The topological polar surface area (TPSA) is 15.8 Å². The number of benzene rings is 1. The first-order valence-corrected chi connectivity index (χ1v) is 4.98. The van der Waals surface area contributed by atoms with Gasteiger partial charge in [-0.05, 0) is 32.1 Å². The van der Waals surface area contributed by atoms with E-state index in [0.717, 1.165) is 13.2 Å². The molecule has 76 valence electrons. The van der Waals surface area contributed by atoms with Crippen LogP contribution < -0.4 is 0 Å². The van der Waals surface area contributed by atoms with Crippen molar-refractivity contribution in [2.45, 2.75) is 19.1 Å². The SMILES string of the molecule is CN(C)Cc1cccc(C2(C)CO2)c1. The molecule has 1 aliphatic heterocycles. The standard InChI is InChI=1S/C12H17NO/c1-12(9-14-12)11-6-4-5-10(7-11)8-13(2)3/h4-7H,8-9H2,1-3H3. The van der Waals surface area contributed by atoms with Crippen LogP contribution in [0.1, 0.15) is 18.1 Å². The summed E-state index contributed by atoms with van der Waals surface area (Å²) >= 11 is 0. The van der Waals surface area contributed by atoms with Gasteiger partial charge in [0.05, 0.1) is 6.61 Å². The van der Waals surface area contributed by atoms with Crippen molar-refractivity contribution < 1.29 is 4.74 Å². The van der Waals surface area contributed by atoms with Crippen molar-refractivity contribution in [2.24, 2.45) is 0 Å². The van der Waals surface area contributed by atoms with E-state index in [-0.39, 0.29) is 5.60 Å². The van der Waals surface area contributed by atoms with Gasteiger partial charge in [0.2, 0.25) is 0 Å². The van der Waals surface area contributed by atoms with Crippen molar-refractivity contribution in [2.75, 3.05) is 20.7 Å². The molecule has 2 heteroatoms. The quantitative estimate of drug-likeness (QED) is 0.679. The molecular formula is C12H17NO. The van der Waals surface area contributed by atoms with Crippen LogP contribution in [0.5, 0.6) is 0 Å². The molecule has 0 aromatic heterocycles. The minimum atomic E-state index is 0.00230. The minimum Gasteiger partial charge on any atom is -0.365 e. The second-order valence-corrected chi connectivity index (χ2v) is 4.46. The third-order valence-electron chi connectivity index (χ3n) is 2.61. The molecule has 1 aromatic rings. The third-order valence-corrected chi connectivity index (χ3v) is 2.61. The Morgan fingerprint density at radius 1 is 1.43 bits per heavy atom. The average Bonchev–Trinajstić information content (AvgIpc) is 2.84. The van der Waals surface area contributed by atoms with Gasteiger partial charge < -0.3 is 9.64 Å². The van der Waals surface area contributed by atoms with E-state index in [1.807, 2.05) is 0 Å². The first kappa shape index (κ1) is 9.69. The molecule has 1 heterocycles. The highest BCUT2D eigenvalue weighted by Crippen LogP contribution is 2.38. The van der Waals surface area contributed by atoms with Crippen LogP contribution >= 0.6 is 0 Å². The summed E-state index contributed by atoms with van der Waals surface area (Å²) in [7, 11) is 4.17. The maximum Gasteiger partial charge on any atom is 0.114 e. The fourth-order valence-corrected chi connectivity index (χ4v) is 1.64. The summed E-state index contributed by atoms with van der Waals surface area (Å²) in [4.78, 5) is 2.18. The van der Waals surface area contributed by atoms with E-state index in [9.17, 15) is 0 Å². The number of hydrogen-bond acceptors (Lipinski definition) is 2. The van der Waals surface area contributed by atoms with Crippen LogP contribution in [0.25, 0.3) is 0 Å². The van der Waals surface area contributed by atoms with E-state index < -0.39 is 0 Å². The van der Waals surface area contributed by atoms with Gasteiger partial charge in [0.15, 0.2) is 0 Å². The zero-order valence-electron chi connectivity index (χ0n) is 9.08. The first-order valence-electron chi connectivity index (χ1n) is 4.98. The third kappa shape index (κ3) is 1.97. The van der Waals surface area contributed by atoms with Gasteiger partial charge in [0.1, 0.15) is 5.60 Å². The van der Waals surface area contributed by atoms with Crippen molar-refractivity contribution in [1.29, 1.82) is 0 Å². The highest BCUT2D eigenvalue weighted by atomic mass is 16.6. The molecule has 14 heavy (non-hydrogen) atoms. The lowest BCUT2D eigenvalue weighted by Gasteiger charge is -2.12. The number of rotatable bonds is 3. The number of epoxide rings is 1. The first-order chi connectivity index (χ1) is 6.60. The van der Waals surface area contributed by atoms with Gasteiger partial charge in [0, 0.05) is 6.54 Å². The minimum absolute atomic E-state index is 0.00230. The zero-order chi connectivity index (χ0) is 10.2. The molecule has 1 atom stereocenters. The Balaban J connectivity index is 2.19. The van der Waals surface area contributed by atoms with Gasteiger partial charge in [-0.2, -0.15) is 0 Å². The molecule has 0 aliphatic carbocycles. The van der Waals surface area contributed by atoms with Gasteiger partial charge in [0.25, 0.3) is 0 Å². The van der Waals surface area contributed by atoms with Crippen LogP contribution in [0.15, 0.2) is 24.3 Å². The normalized spacial score (nSPS) is 25.4. The van der Waals surface area contributed by atoms with Gasteiger partial charge in [-0.1, -0.05) is 24.3 Å². The molecule has 0 N–H and O–H groups in total. The van der Waals surface area contributed by atoms with Crippen LogP contribution in [-0.4, -0.2) is 25.6 Å². The second-order valence-electron chi connectivity index (χ2n) is 4.46. The lowest BCUT2D eigenvalue weighted by atomic mass is 10.00. The van der Waals surface area contributed by atoms with Gasteiger partial charge >= 0.3 is 0 Å². The molecule has 2 rings (SSSR count). The van der Waals surface area contributed by atoms with Crippen LogP contribution in [0.4, 0.5) is 0 Å². The van der Waals surface area contributed by atoms with Gasteiger partial charge in [-0.25, -0.2) is 0 Å². The molecule has 0 spiro atoms. The van der Waals surface area contributed by atoms with Crippen LogP contribution in [-0.2, 0) is 16.9 Å².